The molecule has 0 fully saturated rings. The fraction of sp³-hybridized carbons (Fsp3) is 0.222. The Bertz CT molecular complexity index is 1250. The van der Waals surface area contributed by atoms with Gasteiger partial charge in [0.05, 0.1) is 15.8 Å². The summed E-state index contributed by atoms with van der Waals surface area (Å²) in [7, 11) is -0.846. The van der Waals surface area contributed by atoms with Crippen LogP contribution < -0.4 is 16.0 Å². The SMILES string of the molecule is Cc1ccc(S(=O)(=O)Nc2ccc3c(c2)c(=O)n(C)c(=O)n3C)cc1C. The van der Waals surface area contributed by atoms with Gasteiger partial charge in [-0.15, -0.1) is 0 Å². The van der Waals surface area contributed by atoms with Crippen LogP contribution >= 0.6 is 0 Å². The molecule has 0 aliphatic rings. The maximum Gasteiger partial charge on any atom is 0.330 e. The van der Waals surface area contributed by atoms with Crippen LogP contribution in [0.4, 0.5) is 5.69 Å². The fourth-order valence-corrected chi connectivity index (χ4v) is 3.89. The maximum absolute atomic E-state index is 12.6. The van der Waals surface area contributed by atoms with Crippen LogP contribution in [-0.4, -0.2) is 17.6 Å². The Morgan fingerprint density at radius 2 is 1.58 bits per heavy atom. The molecule has 26 heavy (non-hydrogen) atoms. The first-order valence-electron chi connectivity index (χ1n) is 7.91. The predicted octanol–water partition coefficient (Wildman–Crippen LogP) is 1.65. The van der Waals surface area contributed by atoms with Gasteiger partial charge in [0, 0.05) is 19.8 Å². The van der Waals surface area contributed by atoms with Crippen LogP contribution in [0.15, 0.2) is 50.9 Å². The highest BCUT2D eigenvalue weighted by molar-refractivity contribution is 7.92. The Labute approximate surface area is 150 Å². The third-order valence-electron chi connectivity index (χ3n) is 4.51. The van der Waals surface area contributed by atoms with E-state index in [1.165, 1.54) is 29.8 Å². The smallest absolute Gasteiger partial charge is 0.296 e. The summed E-state index contributed by atoms with van der Waals surface area (Å²) in [5.41, 5.74) is 1.65. The maximum atomic E-state index is 12.6. The standard InChI is InChI=1S/C18H19N3O4S/c1-11-5-7-14(9-12(11)2)26(24,25)19-13-6-8-16-15(10-13)17(22)21(4)18(23)20(16)3/h5-10,19H,1-4H3. The quantitative estimate of drug-likeness (QED) is 0.756. The molecular weight excluding hydrogens is 354 g/mol. The Morgan fingerprint density at radius 1 is 0.885 bits per heavy atom. The lowest BCUT2D eigenvalue weighted by Gasteiger charge is -2.12. The average Bonchev–Trinajstić information content (AvgIpc) is 2.60. The van der Waals surface area contributed by atoms with Crippen molar-refractivity contribution in [2.45, 2.75) is 18.7 Å². The van der Waals surface area contributed by atoms with Gasteiger partial charge in [-0.05, 0) is 55.3 Å². The van der Waals surface area contributed by atoms with Crippen molar-refractivity contribution in [2.75, 3.05) is 4.72 Å². The van der Waals surface area contributed by atoms with E-state index in [0.717, 1.165) is 15.7 Å². The number of fused-ring (bicyclic) bond motifs is 1. The van der Waals surface area contributed by atoms with Crippen molar-refractivity contribution < 1.29 is 8.42 Å². The molecule has 0 bridgehead atoms. The van der Waals surface area contributed by atoms with Crippen molar-refractivity contribution in [3.05, 3.63) is 68.4 Å². The molecule has 2 aromatic carbocycles. The van der Waals surface area contributed by atoms with E-state index >= 15 is 0 Å². The lowest BCUT2D eigenvalue weighted by atomic mass is 10.1. The largest absolute Gasteiger partial charge is 0.330 e. The molecule has 0 saturated carbocycles. The topological polar surface area (TPSA) is 90.2 Å². The van der Waals surface area contributed by atoms with Crippen molar-refractivity contribution in [2.24, 2.45) is 14.1 Å². The van der Waals surface area contributed by atoms with Crippen LogP contribution in [0.5, 0.6) is 0 Å². The van der Waals surface area contributed by atoms with Crippen LogP contribution in [0, 0.1) is 13.8 Å². The van der Waals surface area contributed by atoms with Gasteiger partial charge in [-0.25, -0.2) is 13.2 Å². The second kappa shape index (κ2) is 6.14. The molecule has 1 aromatic heterocycles. The highest BCUT2D eigenvalue weighted by Crippen LogP contribution is 2.21. The van der Waals surface area contributed by atoms with Crippen molar-refractivity contribution >= 4 is 26.6 Å². The lowest BCUT2D eigenvalue weighted by molar-refractivity contribution is 0.601. The number of nitrogens with one attached hydrogen (secondary N) is 1. The van der Waals surface area contributed by atoms with E-state index in [9.17, 15) is 18.0 Å². The summed E-state index contributed by atoms with van der Waals surface area (Å²) in [5, 5.41) is 0.259. The van der Waals surface area contributed by atoms with Gasteiger partial charge in [0.25, 0.3) is 15.6 Å². The monoisotopic (exact) mass is 373 g/mol. The number of rotatable bonds is 3. The third-order valence-corrected chi connectivity index (χ3v) is 5.89. The van der Waals surface area contributed by atoms with Gasteiger partial charge in [-0.1, -0.05) is 6.07 Å². The van der Waals surface area contributed by atoms with Crippen LogP contribution in [0.3, 0.4) is 0 Å². The van der Waals surface area contributed by atoms with Crippen LogP contribution in [0.25, 0.3) is 10.9 Å². The van der Waals surface area contributed by atoms with E-state index < -0.39 is 21.3 Å². The normalized spacial score (nSPS) is 11.7. The third kappa shape index (κ3) is 2.92. The molecule has 8 heteroatoms. The average molecular weight is 373 g/mol. The van der Waals surface area contributed by atoms with E-state index in [1.807, 2.05) is 13.8 Å². The molecule has 0 saturated heterocycles. The number of aryl methyl sites for hydroxylation is 3. The molecule has 1 heterocycles. The number of anilines is 1. The number of nitrogens with zero attached hydrogens (tertiary/aromatic N) is 2. The molecule has 1 N–H and O–H groups in total. The summed E-state index contributed by atoms with van der Waals surface area (Å²) in [6, 6.07) is 9.40. The number of benzene rings is 2. The minimum Gasteiger partial charge on any atom is -0.296 e. The first-order chi connectivity index (χ1) is 12.1. The van der Waals surface area contributed by atoms with Crippen molar-refractivity contribution in [1.82, 2.24) is 9.13 Å². The number of hydrogen-bond donors (Lipinski definition) is 1. The molecule has 0 spiro atoms. The van der Waals surface area contributed by atoms with E-state index in [-0.39, 0.29) is 16.0 Å². The van der Waals surface area contributed by atoms with Crippen molar-refractivity contribution in [3.8, 4) is 0 Å². The Morgan fingerprint density at radius 3 is 2.23 bits per heavy atom. The molecule has 136 valence electrons. The molecule has 3 aromatic rings. The van der Waals surface area contributed by atoms with E-state index in [1.54, 1.807) is 25.2 Å². The number of sulfonamides is 1. The van der Waals surface area contributed by atoms with Gasteiger partial charge in [-0.2, -0.15) is 0 Å². The number of aromatic nitrogens is 2. The molecular formula is C18H19N3O4S. The van der Waals surface area contributed by atoms with E-state index in [0.29, 0.717) is 5.52 Å². The molecule has 0 atom stereocenters. The minimum absolute atomic E-state index is 0.147. The molecule has 0 amide bonds. The van der Waals surface area contributed by atoms with Gasteiger partial charge in [0.15, 0.2) is 0 Å². The van der Waals surface area contributed by atoms with Gasteiger partial charge < -0.3 is 0 Å². The zero-order valence-electron chi connectivity index (χ0n) is 14.9. The summed E-state index contributed by atoms with van der Waals surface area (Å²) in [6.07, 6.45) is 0. The zero-order chi connectivity index (χ0) is 19.2. The summed E-state index contributed by atoms with van der Waals surface area (Å²) in [6.45, 7) is 3.75. The van der Waals surface area contributed by atoms with Gasteiger partial charge >= 0.3 is 5.69 Å². The Kier molecular flexibility index (Phi) is 4.23. The van der Waals surface area contributed by atoms with Gasteiger partial charge in [0.1, 0.15) is 0 Å². The van der Waals surface area contributed by atoms with Crippen LogP contribution in [-0.2, 0) is 24.1 Å². The first kappa shape index (κ1) is 17.9. The highest BCUT2D eigenvalue weighted by Gasteiger charge is 2.16. The Balaban J connectivity index is 2.10. The van der Waals surface area contributed by atoms with Crippen LogP contribution in [0.2, 0.25) is 0 Å². The fourth-order valence-electron chi connectivity index (χ4n) is 2.75. The molecule has 7 nitrogen and oxygen atoms in total. The second-order valence-electron chi connectivity index (χ2n) is 6.29. The Hall–Kier alpha value is -2.87. The highest BCUT2D eigenvalue weighted by atomic mass is 32.2. The first-order valence-corrected chi connectivity index (χ1v) is 9.40. The molecule has 0 radical (unpaired) electrons. The predicted molar refractivity (Wildman–Crippen MR) is 101 cm³/mol. The van der Waals surface area contributed by atoms with Crippen LogP contribution in [0.1, 0.15) is 11.1 Å². The van der Waals surface area contributed by atoms with E-state index in [2.05, 4.69) is 4.72 Å². The van der Waals surface area contributed by atoms with Gasteiger partial charge in [0.2, 0.25) is 0 Å². The van der Waals surface area contributed by atoms with Crippen molar-refractivity contribution in [1.29, 1.82) is 0 Å². The zero-order valence-corrected chi connectivity index (χ0v) is 15.7. The summed E-state index contributed by atoms with van der Waals surface area (Å²) < 4.78 is 30.1. The number of hydrogen-bond acceptors (Lipinski definition) is 4. The summed E-state index contributed by atoms with van der Waals surface area (Å²) in [4.78, 5) is 24.5. The second-order valence-corrected chi connectivity index (χ2v) is 7.97. The minimum atomic E-state index is -3.79. The van der Waals surface area contributed by atoms with Crippen molar-refractivity contribution in [3.63, 3.8) is 0 Å². The molecule has 0 unspecified atom stereocenters. The van der Waals surface area contributed by atoms with Gasteiger partial charge in [-0.3, -0.25) is 18.7 Å². The summed E-state index contributed by atoms with van der Waals surface area (Å²) >= 11 is 0. The van der Waals surface area contributed by atoms with E-state index in [4.69, 9.17) is 0 Å². The molecule has 3 rings (SSSR count). The molecule has 0 aliphatic carbocycles. The molecule has 0 aliphatic heterocycles. The summed E-state index contributed by atoms with van der Waals surface area (Å²) in [5.74, 6) is 0. The lowest BCUT2D eigenvalue weighted by Crippen LogP contribution is -2.36.